The summed E-state index contributed by atoms with van der Waals surface area (Å²) < 4.78 is 14.5. The lowest BCUT2D eigenvalue weighted by molar-refractivity contribution is 0.245. The first-order valence-electron chi connectivity index (χ1n) is 11.3. The Labute approximate surface area is 197 Å². The molecular formula is C26H26FN7. The van der Waals surface area contributed by atoms with E-state index in [2.05, 4.69) is 67.6 Å². The van der Waals surface area contributed by atoms with E-state index in [1.807, 2.05) is 12.4 Å². The predicted molar refractivity (Wildman–Crippen MR) is 131 cm³/mol. The van der Waals surface area contributed by atoms with E-state index in [1.165, 1.54) is 36.2 Å². The van der Waals surface area contributed by atoms with Gasteiger partial charge < -0.3 is 10.6 Å². The highest BCUT2D eigenvalue weighted by Gasteiger charge is 2.23. The van der Waals surface area contributed by atoms with Crippen molar-refractivity contribution in [2.45, 2.75) is 38.4 Å². The lowest BCUT2D eigenvalue weighted by atomic mass is 10.0. The van der Waals surface area contributed by atoms with E-state index in [9.17, 15) is 4.39 Å². The molecule has 0 saturated heterocycles. The first kappa shape index (κ1) is 21.8. The van der Waals surface area contributed by atoms with Crippen LogP contribution in [0, 0.1) is 0 Å². The standard InChI is InChI=1S/C26H26FN7/c1-17(32-24-10-22(11-28-14-24)20-7-8-20)9-19-3-5-21(6-4-19)23-12-29-26(30-13-23)33-25-15-31-34(16-25)18(2)27/h3-6,10-16,18,20,32H,1,7-9H2,2H3,(H,29,30,33). The van der Waals surface area contributed by atoms with E-state index in [1.54, 1.807) is 18.6 Å². The van der Waals surface area contributed by atoms with Gasteiger partial charge in [-0.15, -0.1) is 0 Å². The Kier molecular flexibility index (Phi) is 6.03. The van der Waals surface area contributed by atoms with Gasteiger partial charge in [0.2, 0.25) is 5.95 Å². The molecule has 0 bridgehead atoms. The number of pyridine rings is 1. The van der Waals surface area contributed by atoms with Crippen LogP contribution in [0.5, 0.6) is 0 Å². The molecule has 3 heterocycles. The van der Waals surface area contributed by atoms with Crippen molar-refractivity contribution >= 4 is 17.3 Å². The maximum Gasteiger partial charge on any atom is 0.227 e. The fourth-order valence-electron chi connectivity index (χ4n) is 3.74. The molecule has 1 aliphatic carbocycles. The Hall–Kier alpha value is -4.07. The first-order chi connectivity index (χ1) is 16.5. The zero-order valence-electron chi connectivity index (χ0n) is 18.9. The molecule has 7 nitrogen and oxygen atoms in total. The topological polar surface area (TPSA) is 80.5 Å². The Morgan fingerprint density at radius 3 is 2.50 bits per heavy atom. The van der Waals surface area contributed by atoms with Crippen molar-refractivity contribution in [3.63, 3.8) is 0 Å². The Bertz CT molecular complexity index is 1280. The van der Waals surface area contributed by atoms with Gasteiger partial charge in [-0.1, -0.05) is 30.8 Å². The van der Waals surface area contributed by atoms with Crippen LogP contribution in [0.25, 0.3) is 11.1 Å². The third-order valence-electron chi connectivity index (χ3n) is 5.71. The van der Waals surface area contributed by atoms with Gasteiger partial charge in [-0.2, -0.15) is 5.10 Å². The molecule has 34 heavy (non-hydrogen) atoms. The zero-order valence-corrected chi connectivity index (χ0v) is 18.9. The van der Waals surface area contributed by atoms with Crippen LogP contribution in [0.2, 0.25) is 0 Å². The van der Waals surface area contributed by atoms with E-state index in [4.69, 9.17) is 0 Å². The molecule has 0 spiro atoms. The minimum atomic E-state index is -1.19. The molecule has 8 heteroatoms. The molecule has 1 fully saturated rings. The van der Waals surface area contributed by atoms with Crippen LogP contribution in [0.1, 0.15) is 43.1 Å². The van der Waals surface area contributed by atoms with Crippen molar-refractivity contribution in [1.82, 2.24) is 24.7 Å². The summed E-state index contributed by atoms with van der Waals surface area (Å²) in [5.74, 6) is 1.10. The molecule has 1 atom stereocenters. The van der Waals surface area contributed by atoms with Gasteiger partial charge in [0.25, 0.3) is 0 Å². The molecule has 0 aliphatic heterocycles. The fraction of sp³-hybridized carbons (Fsp3) is 0.231. The number of hydrogen-bond acceptors (Lipinski definition) is 6. The number of allylic oxidation sites excluding steroid dienone is 1. The largest absolute Gasteiger partial charge is 0.358 e. The highest BCUT2D eigenvalue weighted by Crippen LogP contribution is 2.40. The molecule has 5 rings (SSSR count). The molecule has 0 radical (unpaired) electrons. The maximum atomic E-state index is 13.3. The first-order valence-corrected chi connectivity index (χ1v) is 11.3. The number of nitrogens with one attached hydrogen (secondary N) is 2. The van der Waals surface area contributed by atoms with Gasteiger partial charge >= 0.3 is 0 Å². The second-order valence-electron chi connectivity index (χ2n) is 8.59. The second kappa shape index (κ2) is 9.43. The number of aromatic nitrogens is 5. The van der Waals surface area contributed by atoms with Crippen molar-refractivity contribution in [3.05, 3.63) is 90.9 Å². The summed E-state index contributed by atoms with van der Waals surface area (Å²) in [6.07, 6.45) is 12.5. The second-order valence-corrected chi connectivity index (χ2v) is 8.59. The molecule has 172 valence electrons. The van der Waals surface area contributed by atoms with Gasteiger partial charge in [0, 0.05) is 36.3 Å². The van der Waals surface area contributed by atoms with Gasteiger partial charge in [-0.25, -0.2) is 19.0 Å². The lowest BCUT2D eigenvalue weighted by Gasteiger charge is -2.11. The summed E-state index contributed by atoms with van der Waals surface area (Å²) in [7, 11) is 0. The third-order valence-corrected chi connectivity index (χ3v) is 5.71. The van der Waals surface area contributed by atoms with Crippen LogP contribution in [0.3, 0.4) is 0 Å². The summed E-state index contributed by atoms with van der Waals surface area (Å²) in [5.41, 5.74) is 6.93. The summed E-state index contributed by atoms with van der Waals surface area (Å²) >= 11 is 0. The van der Waals surface area contributed by atoms with Gasteiger partial charge in [0.1, 0.15) is 0 Å². The van der Waals surface area contributed by atoms with E-state index in [-0.39, 0.29) is 0 Å². The van der Waals surface area contributed by atoms with E-state index in [0.717, 1.165) is 34.5 Å². The minimum absolute atomic E-state index is 0.425. The molecule has 3 aromatic heterocycles. The molecule has 1 aliphatic rings. The fourth-order valence-corrected chi connectivity index (χ4v) is 3.74. The number of rotatable bonds is 9. The minimum Gasteiger partial charge on any atom is -0.358 e. The average molecular weight is 456 g/mol. The summed E-state index contributed by atoms with van der Waals surface area (Å²) in [6, 6.07) is 10.4. The average Bonchev–Trinajstić information content (AvgIpc) is 3.59. The molecular weight excluding hydrogens is 429 g/mol. The van der Waals surface area contributed by atoms with Crippen LogP contribution in [0.15, 0.2) is 79.8 Å². The van der Waals surface area contributed by atoms with Crippen molar-refractivity contribution in [2.24, 2.45) is 0 Å². The number of halogens is 1. The highest BCUT2D eigenvalue weighted by molar-refractivity contribution is 5.63. The van der Waals surface area contributed by atoms with Crippen LogP contribution in [-0.2, 0) is 6.42 Å². The van der Waals surface area contributed by atoms with Crippen LogP contribution in [-0.4, -0.2) is 24.7 Å². The number of anilines is 3. The van der Waals surface area contributed by atoms with E-state index >= 15 is 0 Å². The predicted octanol–water partition coefficient (Wildman–Crippen LogP) is 6.01. The number of alkyl halides is 1. The van der Waals surface area contributed by atoms with Crippen LogP contribution >= 0.6 is 0 Å². The quantitative estimate of drug-likeness (QED) is 0.322. The zero-order chi connectivity index (χ0) is 23.5. The van der Waals surface area contributed by atoms with Crippen molar-refractivity contribution < 1.29 is 4.39 Å². The molecule has 2 N–H and O–H groups in total. The SMILES string of the molecule is C=C(Cc1ccc(-c2cnc(Nc3cnn(C(C)F)c3)nc2)cc1)Nc1cncc(C2CC2)c1. The van der Waals surface area contributed by atoms with E-state index < -0.39 is 6.30 Å². The van der Waals surface area contributed by atoms with Crippen LogP contribution < -0.4 is 10.6 Å². The molecule has 1 aromatic carbocycles. The van der Waals surface area contributed by atoms with Gasteiger partial charge in [0.05, 0.1) is 30.0 Å². The lowest BCUT2D eigenvalue weighted by Crippen LogP contribution is -2.02. The third kappa shape index (κ3) is 5.28. The Balaban J connectivity index is 1.18. The van der Waals surface area contributed by atoms with Crippen LogP contribution in [0.4, 0.5) is 21.7 Å². The smallest absolute Gasteiger partial charge is 0.227 e. The number of nitrogens with zero attached hydrogens (tertiary/aromatic N) is 5. The summed E-state index contributed by atoms with van der Waals surface area (Å²) in [5, 5.41) is 10.4. The van der Waals surface area contributed by atoms with E-state index in [0.29, 0.717) is 17.6 Å². The molecule has 1 unspecified atom stereocenters. The molecule has 4 aromatic rings. The maximum absolute atomic E-state index is 13.3. The number of hydrogen-bond donors (Lipinski definition) is 2. The van der Waals surface area contributed by atoms with Gasteiger partial charge in [-0.3, -0.25) is 4.98 Å². The monoisotopic (exact) mass is 455 g/mol. The van der Waals surface area contributed by atoms with Crippen molar-refractivity contribution in [2.75, 3.05) is 10.6 Å². The molecule has 0 amide bonds. The molecule has 1 saturated carbocycles. The Morgan fingerprint density at radius 2 is 1.82 bits per heavy atom. The normalized spacial score (nSPS) is 13.9. The van der Waals surface area contributed by atoms with Gasteiger partial charge in [-0.05, 0) is 48.4 Å². The number of benzene rings is 1. The summed E-state index contributed by atoms with van der Waals surface area (Å²) in [4.78, 5) is 13.1. The van der Waals surface area contributed by atoms with Crippen molar-refractivity contribution in [3.8, 4) is 11.1 Å². The highest BCUT2D eigenvalue weighted by atomic mass is 19.1. The van der Waals surface area contributed by atoms with Gasteiger partial charge in [0.15, 0.2) is 6.30 Å². The summed E-state index contributed by atoms with van der Waals surface area (Å²) in [6.45, 7) is 5.60. The van der Waals surface area contributed by atoms with Crippen molar-refractivity contribution in [1.29, 1.82) is 0 Å². The Morgan fingerprint density at radius 1 is 1.06 bits per heavy atom.